The fourth-order valence-electron chi connectivity index (χ4n) is 2.88. The number of hydrogen-bond acceptors (Lipinski definition) is 4. The first kappa shape index (κ1) is 13.9. The summed E-state index contributed by atoms with van der Waals surface area (Å²) in [7, 11) is 0. The zero-order chi connectivity index (χ0) is 15.0. The second kappa shape index (κ2) is 5.06. The second-order valence-electron chi connectivity index (χ2n) is 6.59. The lowest BCUT2D eigenvalue weighted by Gasteiger charge is -2.20. The van der Waals surface area contributed by atoms with Crippen LogP contribution in [0.1, 0.15) is 37.6 Å². The fourth-order valence-corrected chi connectivity index (χ4v) is 2.88. The molecule has 0 unspecified atom stereocenters. The number of aryl methyl sites for hydroxylation is 2. The van der Waals surface area contributed by atoms with Gasteiger partial charge >= 0.3 is 0 Å². The molecule has 0 atom stereocenters. The second-order valence-corrected chi connectivity index (χ2v) is 6.59. The number of fused-ring (bicyclic) bond motifs is 1. The molecule has 0 bridgehead atoms. The van der Waals surface area contributed by atoms with Crippen molar-refractivity contribution in [1.82, 2.24) is 15.0 Å². The first-order chi connectivity index (χ1) is 9.95. The van der Waals surface area contributed by atoms with Crippen molar-refractivity contribution >= 4 is 5.82 Å². The molecule has 5 heteroatoms. The Morgan fingerprint density at radius 1 is 1.33 bits per heavy atom. The molecular formula is C16H22N4O. The molecular weight excluding hydrogens is 264 g/mol. The number of ether oxygens (including phenoxy) is 1. The predicted octanol–water partition coefficient (Wildman–Crippen LogP) is 2.34. The minimum atomic E-state index is -0.0562. The molecule has 2 aromatic rings. The van der Waals surface area contributed by atoms with Crippen LogP contribution >= 0.6 is 0 Å². The standard InChI is InChI=1S/C16H22N4O/c1-16(2,3)14-15(17)18-19-20(14)8-6-11-4-5-13-12(10-11)7-9-21-13/h4-5,10H,6-9,17H2,1-3H3. The summed E-state index contributed by atoms with van der Waals surface area (Å²) in [5.41, 5.74) is 9.52. The largest absolute Gasteiger partial charge is 0.493 e. The van der Waals surface area contributed by atoms with Crippen LogP contribution in [0.25, 0.3) is 0 Å². The summed E-state index contributed by atoms with van der Waals surface area (Å²) in [5, 5.41) is 8.21. The first-order valence-corrected chi connectivity index (χ1v) is 7.39. The molecule has 112 valence electrons. The third kappa shape index (κ3) is 2.73. The zero-order valence-electron chi connectivity index (χ0n) is 12.9. The van der Waals surface area contributed by atoms with E-state index >= 15 is 0 Å². The van der Waals surface area contributed by atoms with Crippen molar-refractivity contribution in [3.8, 4) is 5.75 Å². The van der Waals surface area contributed by atoms with Gasteiger partial charge in [0.2, 0.25) is 0 Å². The van der Waals surface area contributed by atoms with Crippen LogP contribution in [0, 0.1) is 0 Å². The van der Waals surface area contributed by atoms with Crippen molar-refractivity contribution in [2.45, 2.75) is 45.6 Å². The van der Waals surface area contributed by atoms with Gasteiger partial charge in [-0.2, -0.15) is 0 Å². The Kier molecular flexibility index (Phi) is 3.35. The van der Waals surface area contributed by atoms with Crippen LogP contribution in [0.2, 0.25) is 0 Å². The van der Waals surface area contributed by atoms with Gasteiger partial charge in [-0.1, -0.05) is 38.1 Å². The molecule has 0 saturated heterocycles. The number of nitrogen functional groups attached to an aromatic ring is 1. The van der Waals surface area contributed by atoms with E-state index in [0.29, 0.717) is 5.82 Å². The summed E-state index contributed by atoms with van der Waals surface area (Å²) in [5.74, 6) is 1.56. The van der Waals surface area contributed by atoms with Gasteiger partial charge in [0.25, 0.3) is 0 Å². The molecule has 0 saturated carbocycles. The highest BCUT2D eigenvalue weighted by Gasteiger charge is 2.24. The van der Waals surface area contributed by atoms with Crippen molar-refractivity contribution in [2.75, 3.05) is 12.3 Å². The average Bonchev–Trinajstić information content (AvgIpc) is 3.01. The maximum atomic E-state index is 5.96. The lowest BCUT2D eigenvalue weighted by atomic mass is 9.91. The normalized spacial score (nSPS) is 14.0. The van der Waals surface area contributed by atoms with Gasteiger partial charge in [-0.15, -0.1) is 5.10 Å². The highest BCUT2D eigenvalue weighted by molar-refractivity contribution is 5.40. The summed E-state index contributed by atoms with van der Waals surface area (Å²) >= 11 is 0. The van der Waals surface area contributed by atoms with E-state index in [2.05, 4.69) is 49.3 Å². The highest BCUT2D eigenvalue weighted by Crippen LogP contribution is 2.28. The lowest BCUT2D eigenvalue weighted by Crippen LogP contribution is -2.20. The van der Waals surface area contributed by atoms with Crippen molar-refractivity contribution in [3.05, 3.63) is 35.0 Å². The monoisotopic (exact) mass is 286 g/mol. The van der Waals surface area contributed by atoms with Gasteiger partial charge in [-0.05, 0) is 23.6 Å². The number of hydrogen-bond donors (Lipinski definition) is 1. The third-order valence-corrected chi connectivity index (χ3v) is 3.84. The molecule has 21 heavy (non-hydrogen) atoms. The Morgan fingerprint density at radius 2 is 2.14 bits per heavy atom. The van der Waals surface area contributed by atoms with E-state index in [-0.39, 0.29) is 5.41 Å². The van der Waals surface area contributed by atoms with E-state index < -0.39 is 0 Å². The van der Waals surface area contributed by atoms with Crippen molar-refractivity contribution in [2.24, 2.45) is 0 Å². The van der Waals surface area contributed by atoms with Crippen LogP contribution < -0.4 is 10.5 Å². The van der Waals surface area contributed by atoms with Gasteiger partial charge in [-0.3, -0.25) is 0 Å². The Hall–Kier alpha value is -2.04. The maximum Gasteiger partial charge on any atom is 0.169 e. The minimum Gasteiger partial charge on any atom is -0.493 e. The Morgan fingerprint density at radius 3 is 2.90 bits per heavy atom. The van der Waals surface area contributed by atoms with Crippen molar-refractivity contribution in [3.63, 3.8) is 0 Å². The van der Waals surface area contributed by atoms with E-state index in [1.54, 1.807) is 0 Å². The van der Waals surface area contributed by atoms with E-state index in [9.17, 15) is 0 Å². The molecule has 1 aliphatic rings. The number of benzene rings is 1. The molecule has 2 heterocycles. The smallest absolute Gasteiger partial charge is 0.169 e. The molecule has 0 aliphatic carbocycles. The van der Waals surface area contributed by atoms with Gasteiger partial charge in [0.1, 0.15) is 5.75 Å². The molecule has 5 nitrogen and oxygen atoms in total. The zero-order valence-corrected chi connectivity index (χ0v) is 12.9. The molecule has 2 N–H and O–H groups in total. The van der Waals surface area contributed by atoms with Crippen LogP contribution in [0.3, 0.4) is 0 Å². The average molecular weight is 286 g/mol. The summed E-state index contributed by atoms with van der Waals surface area (Å²) in [6, 6.07) is 6.43. The summed E-state index contributed by atoms with van der Waals surface area (Å²) < 4.78 is 7.47. The van der Waals surface area contributed by atoms with Crippen LogP contribution in [0.5, 0.6) is 5.75 Å². The molecule has 0 spiro atoms. The Labute approximate surface area is 125 Å². The van der Waals surface area contributed by atoms with E-state index in [4.69, 9.17) is 10.5 Å². The molecule has 1 aromatic heterocycles. The minimum absolute atomic E-state index is 0.0562. The Bertz CT molecular complexity index is 655. The highest BCUT2D eigenvalue weighted by atomic mass is 16.5. The molecule has 0 fully saturated rings. The van der Waals surface area contributed by atoms with E-state index in [0.717, 1.165) is 37.4 Å². The van der Waals surface area contributed by atoms with Crippen molar-refractivity contribution in [1.29, 1.82) is 0 Å². The van der Waals surface area contributed by atoms with Crippen LogP contribution in [0.4, 0.5) is 5.82 Å². The predicted molar refractivity (Wildman–Crippen MR) is 82.5 cm³/mol. The summed E-state index contributed by atoms with van der Waals surface area (Å²) in [6.45, 7) is 7.98. The van der Waals surface area contributed by atoms with Crippen LogP contribution in [0.15, 0.2) is 18.2 Å². The maximum absolute atomic E-state index is 5.96. The number of rotatable bonds is 3. The van der Waals surface area contributed by atoms with Gasteiger partial charge in [0, 0.05) is 18.4 Å². The molecule has 1 aliphatic heterocycles. The molecule has 3 rings (SSSR count). The van der Waals surface area contributed by atoms with Gasteiger partial charge in [-0.25, -0.2) is 4.68 Å². The molecule has 1 aromatic carbocycles. The Balaban J connectivity index is 1.77. The van der Waals surface area contributed by atoms with E-state index in [1.807, 2.05) is 4.68 Å². The lowest BCUT2D eigenvalue weighted by molar-refractivity contribution is 0.357. The van der Waals surface area contributed by atoms with Gasteiger partial charge in [0.05, 0.1) is 12.3 Å². The van der Waals surface area contributed by atoms with Gasteiger partial charge in [0.15, 0.2) is 5.82 Å². The third-order valence-electron chi connectivity index (χ3n) is 3.84. The van der Waals surface area contributed by atoms with Crippen LogP contribution in [-0.4, -0.2) is 21.6 Å². The van der Waals surface area contributed by atoms with Crippen LogP contribution in [-0.2, 0) is 24.8 Å². The summed E-state index contributed by atoms with van der Waals surface area (Å²) in [6.07, 6.45) is 1.92. The number of anilines is 1. The van der Waals surface area contributed by atoms with Crippen molar-refractivity contribution < 1.29 is 4.74 Å². The molecule has 0 radical (unpaired) electrons. The first-order valence-electron chi connectivity index (χ1n) is 7.39. The topological polar surface area (TPSA) is 66.0 Å². The molecule has 0 amide bonds. The number of nitrogens with two attached hydrogens (primary N) is 1. The fraction of sp³-hybridized carbons (Fsp3) is 0.500. The SMILES string of the molecule is CC(C)(C)c1c(N)nnn1CCc1ccc2c(c1)CCO2. The van der Waals surface area contributed by atoms with E-state index in [1.165, 1.54) is 11.1 Å². The van der Waals surface area contributed by atoms with Gasteiger partial charge < -0.3 is 10.5 Å². The summed E-state index contributed by atoms with van der Waals surface area (Å²) in [4.78, 5) is 0. The quantitative estimate of drug-likeness (QED) is 0.940. The number of aromatic nitrogens is 3. The number of nitrogens with zero attached hydrogens (tertiary/aromatic N) is 3.